The fourth-order valence-corrected chi connectivity index (χ4v) is 3.54. The predicted molar refractivity (Wildman–Crippen MR) is 99.6 cm³/mol. The minimum atomic E-state index is -4.46. The van der Waals surface area contributed by atoms with Crippen molar-refractivity contribution in [3.63, 3.8) is 0 Å². The van der Waals surface area contributed by atoms with E-state index in [-0.39, 0.29) is 0 Å². The maximum absolute atomic E-state index is 12.4. The van der Waals surface area contributed by atoms with Crippen molar-refractivity contribution in [3.05, 3.63) is 24.7 Å². The molecule has 3 aromatic heterocycles. The third-order valence-electron chi connectivity index (χ3n) is 4.93. The van der Waals surface area contributed by atoms with Gasteiger partial charge in [-0.2, -0.15) is 18.3 Å². The van der Waals surface area contributed by atoms with E-state index in [1.807, 2.05) is 17.2 Å². The molecular weight excluding hydrogens is 389 g/mol. The van der Waals surface area contributed by atoms with Gasteiger partial charge in [0.05, 0.1) is 6.20 Å². The quantitative estimate of drug-likeness (QED) is 0.717. The Morgan fingerprint density at radius 3 is 2.83 bits per heavy atom. The van der Waals surface area contributed by atoms with E-state index in [2.05, 4.69) is 20.2 Å². The number of carbonyl (C=O) groups is 1. The Morgan fingerprint density at radius 1 is 1.34 bits per heavy atom. The van der Waals surface area contributed by atoms with Crippen LogP contribution in [0.25, 0.3) is 21.8 Å². The summed E-state index contributed by atoms with van der Waals surface area (Å²) >= 11 is 0. The molecular formula is C18H19F3N6O2. The van der Waals surface area contributed by atoms with Crippen LogP contribution in [0, 0.1) is 0 Å². The van der Waals surface area contributed by atoms with Gasteiger partial charge in [-0.05, 0) is 6.07 Å². The minimum absolute atomic E-state index is 0.439. The monoisotopic (exact) mass is 408 g/mol. The summed E-state index contributed by atoms with van der Waals surface area (Å²) < 4.78 is 42.5. The van der Waals surface area contributed by atoms with Crippen molar-refractivity contribution in [2.45, 2.75) is 25.1 Å². The molecule has 11 heteroatoms. The molecule has 0 saturated carbocycles. The van der Waals surface area contributed by atoms with E-state index in [1.165, 1.54) is 0 Å². The summed E-state index contributed by atoms with van der Waals surface area (Å²) in [6, 6.07) is 1.93. The van der Waals surface area contributed by atoms with Crippen molar-refractivity contribution in [2.24, 2.45) is 0 Å². The lowest BCUT2D eigenvalue weighted by Crippen LogP contribution is -2.42. The Bertz CT molecular complexity index is 1030. The van der Waals surface area contributed by atoms with Gasteiger partial charge in [-0.3, -0.25) is 0 Å². The van der Waals surface area contributed by atoms with Crippen LogP contribution in [0.4, 0.5) is 23.8 Å². The number of hydrogen-bond donors (Lipinski definition) is 1. The molecule has 0 radical (unpaired) electrons. The number of rotatable bonds is 3. The molecule has 0 spiro atoms. The van der Waals surface area contributed by atoms with Crippen LogP contribution in [0.2, 0.25) is 0 Å². The van der Waals surface area contributed by atoms with Gasteiger partial charge in [-0.1, -0.05) is 0 Å². The number of halogens is 3. The van der Waals surface area contributed by atoms with E-state index >= 15 is 0 Å². The van der Waals surface area contributed by atoms with Gasteiger partial charge in [0.15, 0.2) is 5.82 Å². The van der Waals surface area contributed by atoms with Crippen LogP contribution in [0.3, 0.4) is 0 Å². The lowest BCUT2D eigenvalue weighted by Gasteiger charge is -2.33. The number of aromatic nitrogens is 4. The number of fused-ring (bicyclic) bond motifs is 3. The molecule has 4 rings (SSSR count). The lowest BCUT2D eigenvalue weighted by atomic mass is 10.1. The maximum Gasteiger partial charge on any atom is 0.410 e. The predicted octanol–water partition coefficient (Wildman–Crippen LogP) is 3.11. The molecule has 4 heterocycles. The first kappa shape index (κ1) is 19.2. The molecule has 0 unspecified atom stereocenters. The molecule has 29 heavy (non-hydrogen) atoms. The number of aromatic amines is 1. The van der Waals surface area contributed by atoms with Crippen LogP contribution >= 0.6 is 0 Å². The first-order valence-electron chi connectivity index (χ1n) is 9.13. The number of alkyl halides is 3. The molecule has 154 valence electrons. The Hall–Kier alpha value is -3.11. The highest BCUT2D eigenvalue weighted by molar-refractivity contribution is 6.09. The van der Waals surface area contributed by atoms with E-state index in [1.54, 1.807) is 12.4 Å². The number of pyridine rings is 1. The fraction of sp³-hybridized carbons (Fsp3) is 0.444. The van der Waals surface area contributed by atoms with Gasteiger partial charge in [0.1, 0.15) is 18.3 Å². The molecule has 1 saturated heterocycles. The van der Waals surface area contributed by atoms with Crippen LogP contribution in [0.5, 0.6) is 0 Å². The summed E-state index contributed by atoms with van der Waals surface area (Å²) in [7, 11) is 1.08. The Labute approximate surface area is 163 Å². The van der Waals surface area contributed by atoms with E-state index < -0.39 is 24.9 Å². The topological polar surface area (TPSA) is 87.2 Å². The SMILES string of the molecule is CN(CC(F)(F)F)C(=O)OC1CCN(c2nncc3cnc4[nH]ccc4c23)CC1. The number of hydrogen-bond acceptors (Lipinski definition) is 6. The highest BCUT2D eigenvalue weighted by Crippen LogP contribution is 2.31. The zero-order chi connectivity index (χ0) is 20.6. The molecule has 3 aromatic rings. The maximum atomic E-state index is 12.4. The zero-order valence-electron chi connectivity index (χ0n) is 15.6. The van der Waals surface area contributed by atoms with Crippen molar-refractivity contribution in [2.75, 3.05) is 31.6 Å². The van der Waals surface area contributed by atoms with Gasteiger partial charge in [0.25, 0.3) is 0 Å². The number of nitrogens with one attached hydrogen (secondary N) is 1. The largest absolute Gasteiger partial charge is 0.446 e. The summed E-state index contributed by atoms with van der Waals surface area (Å²) in [6.07, 6.45) is 0.321. The smallest absolute Gasteiger partial charge is 0.410 e. The molecule has 0 aromatic carbocycles. The summed E-state index contributed by atoms with van der Waals surface area (Å²) in [5.41, 5.74) is 0.753. The average molecular weight is 408 g/mol. The molecule has 0 aliphatic carbocycles. The number of nitrogens with zero attached hydrogens (tertiary/aromatic N) is 5. The number of carbonyl (C=O) groups excluding carboxylic acids is 1. The van der Waals surface area contributed by atoms with Crippen LogP contribution in [-0.2, 0) is 4.74 Å². The molecule has 1 amide bonds. The van der Waals surface area contributed by atoms with Crippen molar-refractivity contribution in [3.8, 4) is 0 Å². The van der Waals surface area contributed by atoms with Gasteiger partial charge in [-0.25, -0.2) is 9.78 Å². The van der Waals surface area contributed by atoms with Gasteiger partial charge >= 0.3 is 12.3 Å². The van der Waals surface area contributed by atoms with Gasteiger partial charge < -0.3 is 19.5 Å². The summed E-state index contributed by atoms with van der Waals surface area (Å²) in [5, 5.41) is 11.1. The lowest BCUT2D eigenvalue weighted by molar-refractivity contribution is -0.141. The fourth-order valence-electron chi connectivity index (χ4n) is 3.54. The summed E-state index contributed by atoms with van der Waals surface area (Å²) in [5.74, 6) is 0.716. The third-order valence-corrected chi connectivity index (χ3v) is 4.93. The highest BCUT2D eigenvalue weighted by atomic mass is 19.4. The van der Waals surface area contributed by atoms with Crippen molar-refractivity contribution >= 4 is 33.7 Å². The number of H-pyrrole nitrogens is 1. The molecule has 0 bridgehead atoms. The molecule has 1 aliphatic heterocycles. The van der Waals surface area contributed by atoms with Crippen LogP contribution in [-0.4, -0.2) is 70.1 Å². The van der Waals surface area contributed by atoms with Crippen LogP contribution < -0.4 is 4.90 Å². The second kappa shape index (κ2) is 7.37. The Morgan fingerprint density at radius 2 is 2.10 bits per heavy atom. The molecule has 8 nitrogen and oxygen atoms in total. The molecule has 1 N–H and O–H groups in total. The number of amides is 1. The second-order valence-corrected chi connectivity index (χ2v) is 7.04. The van der Waals surface area contributed by atoms with E-state index in [0.29, 0.717) is 36.6 Å². The zero-order valence-corrected chi connectivity index (χ0v) is 15.6. The van der Waals surface area contributed by atoms with Crippen molar-refractivity contribution in [1.29, 1.82) is 0 Å². The minimum Gasteiger partial charge on any atom is -0.446 e. The van der Waals surface area contributed by atoms with Gasteiger partial charge in [0.2, 0.25) is 0 Å². The summed E-state index contributed by atoms with van der Waals surface area (Å²) in [4.78, 5) is 21.9. The second-order valence-electron chi connectivity index (χ2n) is 7.04. The number of piperidine rings is 1. The van der Waals surface area contributed by atoms with Crippen molar-refractivity contribution in [1.82, 2.24) is 25.1 Å². The standard InChI is InChI=1S/C18H19F3N6O2/c1-26(10-18(19,20)21)17(28)29-12-3-6-27(7-4-12)16-14-11(9-24-25-16)8-23-15-13(14)2-5-22-15/h2,5,8-9,12H,3-4,6-7,10H2,1H3,(H,22,23). The normalized spacial score (nSPS) is 15.8. The van der Waals surface area contributed by atoms with Gasteiger partial charge in [-0.15, -0.1) is 5.10 Å². The van der Waals surface area contributed by atoms with Crippen LogP contribution in [0.1, 0.15) is 12.8 Å². The summed E-state index contributed by atoms with van der Waals surface area (Å²) in [6.45, 7) is -0.247. The van der Waals surface area contributed by atoms with Crippen LogP contribution in [0.15, 0.2) is 24.7 Å². The van der Waals surface area contributed by atoms with Crippen molar-refractivity contribution < 1.29 is 22.7 Å². The first-order valence-corrected chi connectivity index (χ1v) is 9.13. The average Bonchev–Trinajstić information content (AvgIpc) is 3.16. The first-order chi connectivity index (χ1) is 13.8. The number of ether oxygens (including phenoxy) is 1. The van der Waals surface area contributed by atoms with Gasteiger partial charge in [0, 0.05) is 61.5 Å². The Balaban J connectivity index is 1.45. The third kappa shape index (κ3) is 4.03. The van der Waals surface area contributed by atoms with E-state index in [4.69, 9.17) is 4.74 Å². The molecule has 0 atom stereocenters. The number of anilines is 1. The highest BCUT2D eigenvalue weighted by Gasteiger charge is 2.33. The molecule has 1 fully saturated rings. The van der Waals surface area contributed by atoms with E-state index in [0.717, 1.165) is 28.9 Å². The Kier molecular flexibility index (Phi) is 4.89. The molecule has 1 aliphatic rings. The van der Waals surface area contributed by atoms with E-state index in [9.17, 15) is 18.0 Å².